The fraction of sp³-hybridized carbons (Fsp3) is 0.467. The van der Waals surface area contributed by atoms with Crippen LogP contribution in [-0.2, 0) is 28.9 Å². The van der Waals surface area contributed by atoms with Gasteiger partial charge in [-0.1, -0.05) is 18.2 Å². The van der Waals surface area contributed by atoms with E-state index >= 15 is 0 Å². The lowest BCUT2D eigenvalue weighted by molar-refractivity contribution is -0.142. The number of rotatable bonds is 6. The highest BCUT2D eigenvalue weighted by molar-refractivity contribution is 5.84. The predicted octanol–water partition coefficient (Wildman–Crippen LogP) is 0.670. The second-order valence-electron chi connectivity index (χ2n) is 5.10. The van der Waals surface area contributed by atoms with E-state index in [4.69, 9.17) is 10.2 Å². The fourth-order valence-corrected chi connectivity index (χ4v) is 2.55. The molecular weight excluding hydrogens is 258 g/mol. The molecule has 0 saturated carbocycles. The fourth-order valence-electron chi connectivity index (χ4n) is 2.55. The van der Waals surface area contributed by atoms with Crippen LogP contribution in [0.3, 0.4) is 0 Å². The van der Waals surface area contributed by atoms with E-state index in [1.165, 1.54) is 11.1 Å². The number of hydrogen-bond donors (Lipinski definition) is 3. The van der Waals surface area contributed by atoms with Crippen LogP contribution in [0.2, 0.25) is 0 Å². The lowest BCUT2D eigenvalue weighted by Crippen LogP contribution is -2.42. The molecule has 5 nitrogen and oxygen atoms in total. The lowest BCUT2D eigenvalue weighted by atomic mass is 10.0. The van der Waals surface area contributed by atoms with Crippen LogP contribution in [0.5, 0.6) is 0 Å². The first kappa shape index (κ1) is 14.5. The van der Waals surface area contributed by atoms with Gasteiger partial charge in [-0.25, -0.2) is 4.79 Å². The molecule has 1 amide bonds. The van der Waals surface area contributed by atoms with Crippen LogP contribution < -0.4 is 5.32 Å². The largest absolute Gasteiger partial charge is 0.480 e. The summed E-state index contributed by atoms with van der Waals surface area (Å²) in [6.07, 6.45) is 3.49. The maximum atomic E-state index is 11.8. The minimum absolute atomic E-state index is 0.0191. The van der Waals surface area contributed by atoms with Gasteiger partial charge in [-0.15, -0.1) is 0 Å². The van der Waals surface area contributed by atoms with Crippen LogP contribution >= 0.6 is 0 Å². The van der Waals surface area contributed by atoms with Crippen molar-refractivity contribution >= 4 is 11.9 Å². The predicted molar refractivity (Wildman–Crippen MR) is 73.4 cm³/mol. The summed E-state index contributed by atoms with van der Waals surface area (Å²) in [4.78, 5) is 22.8. The van der Waals surface area contributed by atoms with Gasteiger partial charge in [-0.3, -0.25) is 4.79 Å². The summed E-state index contributed by atoms with van der Waals surface area (Å²) in [6.45, 7) is -0.268. The summed E-state index contributed by atoms with van der Waals surface area (Å²) in [5, 5.41) is 20.1. The molecule has 0 unspecified atom stereocenters. The number of aliphatic hydroxyl groups is 1. The lowest BCUT2D eigenvalue weighted by Gasteiger charge is -2.13. The van der Waals surface area contributed by atoms with E-state index in [0.717, 1.165) is 24.8 Å². The summed E-state index contributed by atoms with van der Waals surface area (Å²) < 4.78 is 0. The summed E-state index contributed by atoms with van der Waals surface area (Å²) in [7, 11) is 0. The van der Waals surface area contributed by atoms with Crippen molar-refractivity contribution in [2.24, 2.45) is 0 Å². The highest BCUT2D eigenvalue weighted by Crippen LogP contribution is 2.22. The van der Waals surface area contributed by atoms with E-state index in [2.05, 4.69) is 5.32 Å². The van der Waals surface area contributed by atoms with Gasteiger partial charge in [0, 0.05) is 13.0 Å². The first-order valence-corrected chi connectivity index (χ1v) is 6.84. The molecule has 0 aliphatic heterocycles. The van der Waals surface area contributed by atoms with E-state index in [1.807, 2.05) is 18.2 Å². The van der Waals surface area contributed by atoms with E-state index in [9.17, 15) is 9.59 Å². The smallest absolute Gasteiger partial charge is 0.326 e. The number of hydrogen-bond acceptors (Lipinski definition) is 3. The maximum absolute atomic E-state index is 11.8. The first-order valence-electron chi connectivity index (χ1n) is 6.84. The van der Waals surface area contributed by atoms with E-state index in [0.29, 0.717) is 0 Å². The zero-order chi connectivity index (χ0) is 14.5. The molecule has 108 valence electrons. The van der Waals surface area contributed by atoms with Crippen LogP contribution in [0.1, 0.15) is 29.5 Å². The molecule has 0 fully saturated rings. The van der Waals surface area contributed by atoms with Crippen molar-refractivity contribution in [1.82, 2.24) is 5.32 Å². The molecule has 2 rings (SSSR count). The standard InChI is InChI=1S/C15H19NO4/c17-7-6-13(15(19)20)16-14(18)9-10-4-5-11-2-1-3-12(11)8-10/h4-5,8,13,17H,1-3,6-7,9H2,(H,16,18)(H,19,20)/t13-/m1/s1. The minimum atomic E-state index is -1.12. The number of benzene rings is 1. The van der Waals surface area contributed by atoms with Crippen molar-refractivity contribution in [3.05, 3.63) is 34.9 Å². The molecule has 1 aromatic carbocycles. The van der Waals surface area contributed by atoms with Gasteiger partial charge < -0.3 is 15.5 Å². The Hall–Kier alpha value is -1.88. The molecule has 0 aromatic heterocycles. The van der Waals surface area contributed by atoms with Gasteiger partial charge in [0.25, 0.3) is 0 Å². The quantitative estimate of drug-likeness (QED) is 0.713. The molecule has 0 saturated heterocycles. The zero-order valence-electron chi connectivity index (χ0n) is 11.3. The van der Waals surface area contributed by atoms with Crippen molar-refractivity contribution in [2.75, 3.05) is 6.61 Å². The second-order valence-corrected chi connectivity index (χ2v) is 5.10. The van der Waals surface area contributed by atoms with Crippen LogP contribution in [0.15, 0.2) is 18.2 Å². The number of aliphatic hydroxyl groups excluding tert-OH is 1. The summed E-state index contributed by atoms with van der Waals surface area (Å²) in [5.74, 6) is -1.45. The van der Waals surface area contributed by atoms with Gasteiger partial charge in [0.2, 0.25) is 5.91 Å². The Labute approximate surface area is 117 Å². The van der Waals surface area contributed by atoms with Crippen LogP contribution in [0.25, 0.3) is 0 Å². The Morgan fingerprint density at radius 2 is 2.00 bits per heavy atom. The number of carbonyl (C=O) groups excluding carboxylic acids is 1. The van der Waals surface area contributed by atoms with Crippen LogP contribution in [0, 0.1) is 0 Å². The van der Waals surface area contributed by atoms with Crippen molar-refractivity contribution in [3.8, 4) is 0 Å². The van der Waals surface area contributed by atoms with E-state index in [1.54, 1.807) is 0 Å². The molecule has 20 heavy (non-hydrogen) atoms. The van der Waals surface area contributed by atoms with Gasteiger partial charge in [0.05, 0.1) is 6.42 Å². The van der Waals surface area contributed by atoms with Gasteiger partial charge in [0.15, 0.2) is 0 Å². The average molecular weight is 277 g/mol. The first-order chi connectivity index (χ1) is 9.60. The molecule has 1 aromatic rings. The molecule has 1 atom stereocenters. The number of aliphatic carboxylic acids is 1. The molecule has 3 N–H and O–H groups in total. The normalized spacial score (nSPS) is 14.7. The van der Waals surface area contributed by atoms with Gasteiger partial charge in [-0.05, 0) is 36.0 Å². The Balaban J connectivity index is 1.95. The summed E-state index contributed by atoms with van der Waals surface area (Å²) in [6, 6.07) is 4.98. The third-order valence-corrected chi connectivity index (χ3v) is 3.58. The number of aryl methyl sites for hydroxylation is 2. The van der Waals surface area contributed by atoms with Gasteiger partial charge in [0.1, 0.15) is 6.04 Å². The second kappa shape index (κ2) is 6.52. The monoisotopic (exact) mass is 277 g/mol. The molecule has 0 heterocycles. The van der Waals surface area contributed by atoms with E-state index < -0.39 is 12.0 Å². The maximum Gasteiger partial charge on any atom is 0.326 e. The number of carboxylic acid groups (broad SMARTS) is 1. The minimum Gasteiger partial charge on any atom is -0.480 e. The summed E-state index contributed by atoms with van der Waals surface area (Å²) in [5.41, 5.74) is 3.54. The number of fused-ring (bicyclic) bond motifs is 1. The Morgan fingerprint density at radius 3 is 2.70 bits per heavy atom. The number of nitrogens with one attached hydrogen (secondary N) is 1. The average Bonchev–Trinajstić information content (AvgIpc) is 2.85. The third-order valence-electron chi connectivity index (χ3n) is 3.58. The summed E-state index contributed by atoms with van der Waals surface area (Å²) >= 11 is 0. The Kier molecular flexibility index (Phi) is 4.74. The van der Waals surface area contributed by atoms with Gasteiger partial charge in [-0.2, -0.15) is 0 Å². The molecule has 5 heteroatoms. The highest BCUT2D eigenvalue weighted by atomic mass is 16.4. The Bertz CT molecular complexity index is 513. The number of carbonyl (C=O) groups is 2. The Morgan fingerprint density at radius 1 is 1.25 bits per heavy atom. The SMILES string of the molecule is O=C(Cc1ccc2c(c1)CCC2)N[C@H](CCO)C(=O)O. The third kappa shape index (κ3) is 3.57. The van der Waals surface area contributed by atoms with Crippen LogP contribution in [0.4, 0.5) is 0 Å². The molecule has 1 aliphatic carbocycles. The van der Waals surface area contributed by atoms with Crippen molar-refractivity contribution in [2.45, 2.75) is 38.1 Å². The molecule has 1 aliphatic rings. The molecular formula is C15H19NO4. The highest BCUT2D eigenvalue weighted by Gasteiger charge is 2.19. The van der Waals surface area contributed by atoms with Crippen molar-refractivity contribution in [1.29, 1.82) is 0 Å². The van der Waals surface area contributed by atoms with Crippen molar-refractivity contribution in [3.63, 3.8) is 0 Å². The van der Waals surface area contributed by atoms with Crippen LogP contribution in [-0.4, -0.2) is 34.7 Å². The molecule has 0 spiro atoms. The van der Waals surface area contributed by atoms with E-state index in [-0.39, 0.29) is 25.4 Å². The molecule has 0 bridgehead atoms. The molecule has 0 radical (unpaired) electrons. The topological polar surface area (TPSA) is 86.6 Å². The number of amides is 1. The zero-order valence-corrected chi connectivity index (χ0v) is 11.3. The number of carboxylic acids is 1. The van der Waals surface area contributed by atoms with Crippen molar-refractivity contribution < 1.29 is 19.8 Å². The van der Waals surface area contributed by atoms with Gasteiger partial charge >= 0.3 is 5.97 Å².